The summed E-state index contributed by atoms with van der Waals surface area (Å²) < 4.78 is 16.6. The summed E-state index contributed by atoms with van der Waals surface area (Å²) in [6.07, 6.45) is 14.8. The van der Waals surface area contributed by atoms with Crippen LogP contribution in [0.2, 0.25) is 0 Å². The molecular formula is C19H32N2O4. The monoisotopic (exact) mass is 352 g/mol. The molecule has 0 aliphatic carbocycles. The van der Waals surface area contributed by atoms with Gasteiger partial charge in [-0.25, -0.2) is 0 Å². The Labute approximate surface area is 150 Å². The minimum Gasteiger partial charge on any atom is -0.361 e. The highest BCUT2D eigenvalue weighted by Gasteiger charge is 2.44. The molecule has 0 amide bonds. The maximum Gasteiger partial charge on any atom is 0.326 e. The van der Waals surface area contributed by atoms with Gasteiger partial charge in [-0.05, 0) is 32.1 Å². The van der Waals surface area contributed by atoms with E-state index in [0.717, 1.165) is 45.1 Å². The van der Waals surface area contributed by atoms with Crippen molar-refractivity contribution in [2.75, 3.05) is 13.2 Å². The fourth-order valence-corrected chi connectivity index (χ4v) is 3.31. The summed E-state index contributed by atoms with van der Waals surface area (Å²) in [5.74, 6) is -0.230. The van der Waals surface area contributed by atoms with Crippen molar-refractivity contribution in [3.05, 3.63) is 5.53 Å². The number of carbonyl (C=O) groups is 1. The summed E-state index contributed by atoms with van der Waals surface area (Å²) in [5.41, 5.74) is 8.30. The van der Waals surface area contributed by atoms with Crippen LogP contribution in [0.15, 0.2) is 0 Å². The van der Waals surface area contributed by atoms with Crippen molar-refractivity contribution in [1.29, 1.82) is 0 Å². The van der Waals surface area contributed by atoms with Gasteiger partial charge in [0.1, 0.15) is 0 Å². The Kier molecular flexibility index (Phi) is 9.97. The number of ether oxygens (including phenoxy) is 3. The molecule has 2 aliphatic rings. The topological polar surface area (TPSA) is 84.5 Å². The lowest BCUT2D eigenvalue weighted by Crippen LogP contribution is -2.22. The van der Waals surface area contributed by atoms with Gasteiger partial charge in [0, 0.05) is 13.2 Å². The SMILES string of the molecule is [N-]=[N+]=CC(=O)[C@H]1O[C@@H]1CCCCCCCCCCOC1CCCCO1. The first kappa shape index (κ1) is 20.2. The van der Waals surface area contributed by atoms with Crippen LogP contribution in [0.1, 0.15) is 77.0 Å². The smallest absolute Gasteiger partial charge is 0.326 e. The average molecular weight is 352 g/mol. The van der Waals surface area contributed by atoms with Gasteiger partial charge in [-0.15, -0.1) is 0 Å². The van der Waals surface area contributed by atoms with Crippen molar-refractivity contribution >= 4 is 12.0 Å². The fraction of sp³-hybridized carbons (Fsp3) is 0.895. The first-order valence-electron chi connectivity index (χ1n) is 9.91. The van der Waals surface area contributed by atoms with Crippen LogP contribution < -0.4 is 0 Å². The molecule has 142 valence electrons. The summed E-state index contributed by atoms with van der Waals surface area (Å²) in [4.78, 5) is 14.1. The van der Waals surface area contributed by atoms with Crippen LogP contribution >= 0.6 is 0 Å². The van der Waals surface area contributed by atoms with E-state index in [1.807, 2.05) is 0 Å². The molecule has 0 aromatic heterocycles. The second-order valence-corrected chi connectivity index (χ2v) is 7.03. The molecule has 1 unspecified atom stereocenters. The molecule has 0 aromatic carbocycles. The number of epoxide rings is 1. The third-order valence-corrected chi connectivity index (χ3v) is 4.87. The maximum absolute atomic E-state index is 11.3. The number of nitrogens with zero attached hydrogens (tertiary/aromatic N) is 2. The number of hydrogen-bond acceptors (Lipinski definition) is 4. The minimum absolute atomic E-state index is 0.0404. The van der Waals surface area contributed by atoms with Gasteiger partial charge in [-0.3, -0.25) is 4.79 Å². The van der Waals surface area contributed by atoms with E-state index in [1.54, 1.807) is 0 Å². The highest BCUT2D eigenvalue weighted by molar-refractivity contribution is 6.28. The molecule has 0 radical (unpaired) electrons. The van der Waals surface area contributed by atoms with Gasteiger partial charge < -0.3 is 19.7 Å². The molecule has 2 aliphatic heterocycles. The van der Waals surface area contributed by atoms with E-state index >= 15 is 0 Å². The van der Waals surface area contributed by atoms with Crippen LogP contribution in [0.3, 0.4) is 0 Å². The largest absolute Gasteiger partial charge is 0.361 e. The third kappa shape index (κ3) is 8.73. The highest BCUT2D eigenvalue weighted by Crippen LogP contribution is 2.27. The molecule has 0 aromatic rings. The lowest BCUT2D eigenvalue weighted by Gasteiger charge is -2.22. The summed E-state index contributed by atoms with van der Waals surface area (Å²) in [5, 5.41) is 0. The minimum atomic E-state index is -0.364. The molecule has 0 bridgehead atoms. The highest BCUT2D eigenvalue weighted by atomic mass is 16.7. The molecule has 2 rings (SSSR count). The van der Waals surface area contributed by atoms with Crippen LogP contribution in [0.25, 0.3) is 5.53 Å². The predicted octanol–water partition coefficient (Wildman–Crippen LogP) is 3.68. The summed E-state index contributed by atoms with van der Waals surface area (Å²) in [7, 11) is 0. The zero-order chi connectivity index (χ0) is 17.7. The van der Waals surface area contributed by atoms with Crippen molar-refractivity contribution in [3.63, 3.8) is 0 Å². The van der Waals surface area contributed by atoms with Crippen molar-refractivity contribution in [3.8, 4) is 0 Å². The number of rotatable bonds is 14. The van der Waals surface area contributed by atoms with E-state index in [-0.39, 0.29) is 24.3 Å². The van der Waals surface area contributed by atoms with Gasteiger partial charge in [0.2, 0.25) is 0 Å². The third-order valence-electron chi connectivity index (χ3n) is 4.87. The molecule has 0 saturated carbocycles. The van der Waals surface area contributed by atoms with Crippen LogP contribution in [0.4, 0.5) is 0 Å². The molecule has 2 saturated heterocycles. The molecule has 2 heterocycles. The molecule has 6 nitrogen and oxygen atoms in total. The Morgan fingerprint density at radius 2 is 1.80 bits per heavy atom. The summed E-state index contributed by atoms with van der Waals surface area (Å²) in [6.45, 7) is 1.68. The van der Waals surface area contributed by atoms with Crippen molar-refractivity contribution in [2.24, 2.45) is 0 Å². The normalized spacial score (nSPS) is 25.4. The van der Waals surface area contributed by atoms with E-state index in [4.69, 9.17) is 19.7 Å². The Bertz CT molecular complexity index is 431. The second-order valence-electron chi connectivity index (χ2n) is 7.03. The first-order valence-corrected chi connectivity index (χ1v) is 9.91. The zero-order valence-electron chi connectivity index (χ0n) is 15.2. The maximum atomic E-state index is 11.3. The van der Waals surface area contributed by atoms with E-state index in [1.165, 1.54) is 51.4 Å². The summed E-state index contributed by atoms with van der Waals surface area (Å²) >= 11 is 0. The number of carbonyl (C=O) groups excluding carboxylic acids is 1. The van der Waals surface area contributed by atoms with Crippen molar-refractivity contribution in [1.82, 2.24) is 0 Å². The Morgan fingerprint density at radius 3 is 2.48 bits per heavy atom. The molecule has 6 heteroatoms. The lowest BCUT2D eigenvalue weighted by atomic mass is 10.1. The molecule has 3 atom stereocenters. The van der Waals surface area contributed by atoms with Crippen molar-refractivity contribution in [2.45, 2.75) is 95.5 Å². The number of ketones is 1. The standard InChI is InChI=1S/C19H32N2O4/c20-21-15-16(22)19-17(25-19)11-7-5-3-1-2-4-6-9-13-23-18-12-8-10-14-24-18/h15,17-19H,1-14H2/t17-,18?,19-/m1/s1. The van der Waals surface area contributed by atoms with Crippen LogP contribution in [0, 0.1) is 0 Å². The second kappa shape index (κ2) is 12.3. The lowest BCUT2D eigenvalue weighted by molar-refractivity contribution is -0.162. The van der Waals surface area contributed by atoms with Gasteiger partial charge >= 0.3 is 6.21 Å². The Morgan fingerprint density at radius 1 is 1.08 bits per heavy atom. The molecule has 0 N–H and O–H groups in total. The molecule has 0 spiro atoms. The van der Waals surface area contributed by atoms with Gasteiger partial charge in [-0.2, -0.15) is 4.79 Å². The predicted molar refractivity (Wildman–Crippen MR) is 94.4 cm³/mol. The number of hydrogen-bond donors (Lipinski definition) is 0. The van der Waals surface area contributed by atoms with Gasteiger partial charge in [0.05, 0.1) is 6.10 Å². The van der Waals surface area contributed by atoms with Crippen LogP contribution in [0.5, 0.6) is 0 Å². The fourth-order valence-electron chi connectivity index (χ4n) is 3.31. The summed E-state index contributed by atoms with van der Waals surface area (Å²) in [6, 6.07) is 0. The van der Waals surface area contributed by atoms with E-state index < -0.39 is 0 Å². The Balaban J connectivity index is 1.29. The van der Waals surface area contributed by atoms with Gasteiger partial charge in [-0.1, -0.05) is 44.9 Å². The number of unbranched alkanes of at least 4 members (excludes halogenated alkanes) is 7. The molecule has 25 heavy (non-hydrogen) atoms. The van der Waals surface area contributed by atoms with E-state index in [2.05, 4.69) is 4.79 Å². The van der Waals surface area contributed by atoms with Crippen LogP contribution in [-0.2, 0) is 19.0 Å². The zero-order valence-corrected chi connectivity index (χ0v) is 15.2. The Hall–Kier alpha value is -1.07. The average Bonchev–Trinajstić information content (AvgIpc) is 3.40. The number of Topliss-reactive ketones (excluding diaryl/α,β-unsaturated/α-hetero) is 1. The molecule has 2 fully saturated rings. The van der Waals surface area contributed by atoms with Crippen LogP contribution in [-0.4, -0.2) is 48.5 Å². The van der Waals surface area contributed by atoms with E-state index in [0.29, 0.717) is 0 Å². The molecular weight excluding hydrogens is 320 g/mol. The van der Waals surface area contributed by atoms with E-state index in [9.17, 15) is 4.79 Å². The quantitative estimate of drug-likeness (QED) is 0.157. The van der Waals surface area contributed by atoms with Crippen molar-refractivity contribution < 1.29 is 23.8 Å². The first-order chi connectivity index (χ1) is 12.3. The van der Waals surface area contributed by atoms with Gasteiger partial charge in [0.25, 0.3) is 5.78 Å². The van der Waals surface area contributed by atoms with Gasteiger partial charge in [0.15, 0.2) is 12.4 Å².